The third-order valence-corrected chi connectivity index (χ3v) is 4.11. The predicted octanol–water partition coefficient (Wildman–Crippen LogP) is 3.67. The molecule has 1 aliphatic rings. The molecule has 2 nitrogen and oxygen atoms in total. The Morgan fingerprint density at radius 1 is 1.45 bits per heavy atom. The van der Waals surface area contributed by atoms with E-state index in [0.29, 0.717) is 5.92 Å². The molecule has 1 unspecified atom stereocenters. The Kier molecular flexibility index (Phi) is 5.42. The van der Waals surface area contributed by atoms with Crippen molar-refractivity contribution in [1.29, 1.82) is 0 Å². The molecular weight excluding hydrogens is 277 g/mol. The minimum Gasteiger partial charge on any atom is -0.381 e. The van der Waals surface area contributed by atoms with E-state index in [1.54, 1.807) is 12.1 Å². The maximum absolute atomic E-state index is 13.6. The summed E-state index contributed by atoms with van der Waals surface area (Å²) in [5, 5.41) is 3.70. The van der Waals surface area contributed by atoms with Gasteiger partial charge in [-0.05, 0) is 43.0 Å². The van der Waals surface area contributed by atoms with E-state index in [1.807, 2.05) is 6.07 Å². The molecular formula is C16H23ClFNO. The molecule has 1 heterocycles. The first-order valence-corrected chi connectivity index (χ1v) is 7.61. The summed E-state index contributed by atoms with van der Waals surface area (Å²) in [6, 6.07) is 5.09. The molecule has 4 heteroatoms. The Balaban J connectivity index is 2.02. The van der Waals surface area contributed by atoms with Gasteiger partial charge < -0.3 is 10.1 Å². The first-order chi connectivity index (χ1) is 9.51. The fraction of sp³-hybridized carbons (Fsp3) is 0.625. The van der Waals surface area contributed by atoms with Crippen molar-refractivity contribution in [2.24, 2.45) is 11.3 Å². The van der Waals surface area contributed by atoms with Crippen LogP contribution in [0.25, 0.3) is 0 Å². The summed E-state index contributed by atoms with van der Waals surface area (Å²) in [5.74, 6) is 0.288. The van der Waals surface area contributed by atoms with Crippen molar-refractivity contribution in [3.8, 4) is 0 Å². The third-order valence-electron chi connectivity index (χ3n) is 3.80. The van der Waals surface area contributed by atoms with Crippen molar-refractivity contribution in [3.05, 3.63) is 34.6 Å². The fourth-order valence-electron chi connectivity index (χ4n) is 2.70. The normalized spacial score (nSPS) is 22.6. The summed E-state index contributed by atoms with van der Waals surface area (Å²) < 4.78 is 19.1. The lowest BCUT2D eigenvalue weighted by Crippen LogP contribution is -2.38. The van der Waals surface area contributed by atoms with Gasteiger partial charge in [-0.25, -0.2) is 4.39 Å². The van der Waals surface area contributed by atoms with Crippen LogP contribution in [0.5, 0.6) is 0 Å². The van der Waals surface area contributed by atoms with Crippen LogP contribution >= 0.6 is 11.6 Å². The Bertz CT molecular complexity index is 444. The Morgan fingerprint density at radius 2 is 2.25 bits per heavy atom. The van der Waals surface area contributed by atoms with Crippen LogP contribution in [-0.4, -0.2) is 26.3 Å². The third kappa shape index (κ3) is 4.18. The lowest BCUT2D eigenvalue weighted by Gasteiger charge is -2.28. The van der Waals surface area contributed by atoms with E-state index >= 15 is 0 Å². The zero-order chi connectivity index (χ0) is 14.6. The maximum Gasteiger partial charge on any atom is 0.142 e. The Hall–Kier alpha value is -0.640. The van der Waals surface area contributed by atoms with Gasteiger partial charge in [0.25, 0.3) is 0 Å². The highest BCUT2D eigenvalue weighted by molar-refractivity contribution is 6.30. The van der Waals surface area contributed by atoms with Gasteiger partial charge in [0.2, 0.25) is 0 Å². The summed E-state index contributed by atoms with van der Waals surface area (Å²) in [4.78, 5) is 0. The molecule has 0 amide bonds. The standard InChI is InChI=1S/C16H23ClFNO/c1-12(2)9-19-10-16(5-6-20-11-16)8-13-3-4-14(17)15(18)7-13/h3-4,7,12,19H,5-6,8-11H2,1-2H3. The number of benzene rings is 1. The highest BCUT2D eigenvalue weighted by Gasteiger charge is 2.34. The first-order valence-electron chi connectivity index (χ1n) is 7.23. The molecule has 0 aromatic heterocycles. The molecule has 0 radical (unpaired) electrons. The fourth-order valence-corrected chi connectivity index (χ4v) is 2.82. The zero-order valence-corrected chi connectivity index (χ0v) is 13.0. The van der Waals surface area contributed by atoms with Crippen LogP contribution in [0.3, 0.4) is 0 Å². The van der Waals surface area contributed by atoms with Gasteiger partial charge >= 0.3 is 0 Å². The molecule has 1 saturated heterocycles. The van der Waals surface area contributed by atoms with Gasteiger partial charge in [0.15, 0.2) is 0 Å². The van der Waals surface area contributed by atoms with Crippen LogP contribution in [0.2, 0.25) is 5.02 Å². The maximum atomic E-state index is 13.6. The average molecular weight is 300 g/mol. The molecule has 1 N–H and O–H groups in total. The molecule has 0 aliphatic carbocycles. The van der Waals surface area contributed by atoms with E-state index in [9.17, 15) is 4.39 Å². The molecule has 0 bridgehead atoms. The minimum absolute atomic E-state index is 0.0785. The molecule has 20 heavy (non-hydrogen) atoms. The number of ether oxygens (including phenoxy) is 1. The number of rotatable bonds is 6. The molecule has 1 fully saturated rings. The summed E-state index contributed by atoms with van der Waals surface area (Å²) in [6.45, 7) is 7.83. The van der Waals surface area contributed by atoms with Crippen molar-refractivity contribution in [2.75, 3.05) is 26.3 Å². The van der Waals surface area contributed by atoms with Gasteiger partial charge in [-0.15, -0.1) is 0 Å². The van der Waals surface area contributed by atoms with Crippen molar-refractivity contribution in [1.82, 2.24) is 5.32 Å². The van der Waals surface area contributed by atoms with Crippen LogP contribution in [-0.2, 0) is 11.2 Å². The molecule has 0 saturated carbocycles. The van der Waals surface area contributed by atoms with E-state index in [2.05, 4.69) is 19.2 Å². The number of hydrogen-bond acceptors (Lipinski definition) is 2. The monoisotopic (exact) mass is 299 g/mol. The summed E-state index contributed by atoms with van der Waals surface area (Å²) in [6.07, 6.45) is 1.84. The van der Waals surface area contributed by atoms with Crippen LogP contribution in [0.4, 0.5) is 4.39 Å². The minimum atomic E-state index is -0.339. The molecule has 112 valence electrons. The van der Waals surface area contributed by atoms with Crippen molar-refractivity contribution < 1.29 is 9.13 Å². The van der Waals surface area contributed by atoms with E-state index in [0.717, 1.165) is 44.7 Å². The average Bonchev–Trinajstić information content (AvgIpc) is 2.82. The van der Waals surface area contributed by atoms with Crippen LogP contribution in [0, 0.1) is 17.2 Å². The smallest absolute Gasteiger partial charge is 0.142 e. The molecule has 0 spiro atoms. The summed E-state index contributed by atoms with van der Waals surface area (Å²) in [7, 11) is 0. The number of hydrogen-bond donors (Lipinski definition) is 1. The van der Waals surface area contributed by atoms with Gasteiger partial charge in [-0.2, -0.15) is 0 Å². The molecule has 1 aromatic carbocycles. The predicted molar refractivity (Wildman–Crippen MR) is 80.7 cm³/mol. The van der Waals surface area contributed by atoms with E-state index in [1.165, 1.54) is 0 Å². The Labute approximate surface area is 125 Å². The van der Waals surface area contributed by atoms with Crippen molar-refractivity contribution in [3.63, 3.8) is 0 Å². The molecule has 1 atom stereocenters. The second-order valence-electron chi connectivity index (χ2n) is 6.25. The second-order valence-corrected chi connectivity index (χ2v) is 6.66. The number of halogens is 2. The molecule has 1 aromatic rings. The topological polar surface area (TPSA) is 21.3 Å². The van der Waals surface area contributed by atoms with Crippen molar-refractivity contribution in [2.45, 2.75) is 26.7 Å². The largest absolute Gasteiger partial charge is 0.381 e. The van der Waals surface area contributed by atoms with Gasteiger partial charge in [0.05, 0.1) is 11.6 Å². The quantitative estimate of drug-likeness (QED) is 0.865. The highest BCUT2D eigenvalue weighted by atomic mass is 35.5. The summed E-state index contributed by atoms with van der Waals surface area (Å²) in [5.41, 5.74) is 1.07. The molecule has 2 rings (SSSR count). The van der Waals surface area contributed by atoms with Crippen LogP contribution in [0.1, 0.15) is 25.8 Å². The van der Waals surface area contributed by atoms with Gasteiger partial charge in [0.1, 0.15) is 5.82 Å². The lowest BCUT2D eigenvalue weighted by atomic mass is 9.80. The van der Waals surface area contributed by atoms with Gasteiger partial charge in [0, 0.05) is 18.6 Å². The zero-order valence-electron chi connectivity index (χ0n) is 12.2. The van der Waals surface area contributed by atoms with Crippen LogP contribution in [0.15, 0.2) is 18.2 Å². The SMILES string of the molecule is CC(C)CNCC1(Cc2ccc(Cl)c(F)c2)CCOC1. The lowest BCUT2D eigenvalue weighted by molar-refractivity contribution is 0.148. The second kappa shape index (κ2) is 6.88. The van der Waals surface area contributed by atoms with E-state index in [4.69, 9.17) is 16.3 Å². The summed E-state index contributed by atoms with van der Waals surface area (Å²) >= 11 is 5.74. The highest BCUT2D eigenvalue weighted by Crippen LogP contribution is 2.33. The number of nitrogens with one attached hydrogen (secondary N) is 1. The van der Waals surface area contributed by atoms with Gasteiger partial charge in [-0.3, -0.25) is 0 Å². The van der Waals surface area contributed by atoms with E-state index < -0.39 is 0 Å². The molecule has 1 aliphatic heterocycles. The van der Waals surface area contributed by atoms with Gasteiger partial charge in [-0.1, -0.05) is 31.5 Å². The van der Waals surface area contributed by atoms with Crippen molar-refractivity contribution >= 4 is 11.6 Å². The van der Waals surface area contributed by atoms with E-state index in [-0.39, 0.29) is 16.3 Å². The Morgan fingerprint density at radius 3 is 2.85 bits per heavy atom. The van der Waals surface area contributed by atoms with Crippen LogP contribution < -0.4 is 5.32 Å². The first kappa shape index (κ1) is 15.7.